The molecule has 26 heavy (non-hydrogen) atoms. The van der Waals surface area contributed by atoms with E-state index in [1.807, 2.05) is 31.2 Å². The number of nitrogens with zero attached hydrogens (tertiary/aromatic N) is 1. The van der Waals surface area contributed by atoms with E-state index in [1.165, 1.54) is 0 Å². The topological polar surface area (TPSA) is 67.9 Å². The number of anilines is 1. The minimum atomic E-state index is -0.116. The second kappa shape index (κ2) is 10.2. The predicted octanol–water partition coefficient (Wildman–Crippen LogP) is 2.94. The molecule has 1 N–H and O–H groups in total. The van der Waals surface area contributed by atoms with Gasteiger partial charge in [-0.25, -0.2) is 0 Å². The van der Waals surface area contributed by atoms with Crippen LogP contribution >= 0.6 is 0 Å². The molecule has 6 nitrogen and oxygen atoms in total. The Hall–Kier alpha value is -2.08. The van der Waals surface area contributed by atoms with Crippen molar-refractivity contribution in [3.63, 3.8) is 0 Å². The molecule has 144 valence electrons. The van der Waals surface area contributed by atoms with E-state index in [-0.39, 0.29) is 17.8 Å². The Kier molecular flexibility index (Phi) is 7.91. The van der Waals surface area contributed by atoms with Gasteiger partial charge in [0.15, 0.2) is 0 Å². The Morgan fingerprint density at radius 3 is 2.65 bits per heavy atom. The van der Waals surface area contributed by atoms with Crippen LogP contribution in [0.25, 0.3) is 0 Å². The molecule has 0 radical (unpaired) electrons. The van der Waals surface area contributed by atoms with E-state index in [0.29, 0.717) is 25.7 Å². The third-order valence-corrected chi connectivity index (χ3v) is 4.28. The van der Waals surface area contributed by atoms with Crippen molar-refractivity contribution in [2.75, 3.05) is 38.2 Å². The van der Waals surface area contributed by atoms with Gasteiger partial charge in [-0.05, 0) is 50.9 Å². The smallest absolute Gasteiger partial charge is 0.309 e. The number of esters is 1. The molecule has 0 aliphatic carbocycles. The maximum Gasteiger partial charge on any atom is 0.309 e. The zero-order valence-electron chi connectivity index (χ0n) is 16.0. The van der Waals surface area contributed by atoms with Gasteiger partial charge in [0.1, 0.15) is 5.75 Å². The van der Waals surface area contributed by atoms with E-state index in [2.05, 4.69) is 24.1 Å². The number of nitrogens with one attached hydrogen (secondary N) is 1. The highest BCUT2D eigenvalue weighted by Crippen LogP contribution is 2.20. The Labute approximate surface area is 155 Å². The lowest BCUT2D eigenvalue weighted by atomic mass is 9.97. The molecular weight excluding hydrogens is 332 g/mol. The van der Waals surface area contributed by atoms with Gasteiger partial charge < -0.3 is 14.8 Å². The minimum absolute atomic E-state index is 0.0379. The average Bonchev–Trinajstić information content (AvgIpc) is 2.61. The first kappa shape index (κ1) is 20.2. The summed E-state index contributed by atoms with van der Waals surface area (Å²) in [6, 6.07) is 7.45. The summed E-state index contributed by atoms with van der Waals surface area (Å²) in [5, 5.41) is 2.92. The van der Waals surface area contributed by atoms with Gasteiger partial charge in [-0.3, -0.25) is 14.5 Å². The van der Waals surface area contributed by atoms with Gasteiger partial charge in [0.2, 0.25) is 5.91 Å². The van der Waals surface area contributed by atoms with Crippen LogP contribution in [0.5, 0.6) is 5.75 Å². The van der Waals surface area contributed by atoms with E-state index in [1.54, 1.807) is 0 Å². The number of hydrogen-bond donors (Lipinski definition) is 1. The minimum Gasteiger partial charge on any atom is -0.493 e. The molecule has 0 aromatic heterocycles. The van der Waals surface area contributed by atoms with Crippen LogP contribution in [0.4, 0.5) is 5.69 Å². The summed E-state index contributed by atoms with van der Waals surface area (Å²) in [5.41, 5.74) is 0.734. The van der Waals surface area contributed by atoms with Gasteiger partial charge in [-0.2, -0.15) is 0 Å². The van der Waals surface area contributed by atoms with Crippen LogP contribution in [-0.2, 0) is 14.3 Å². The highest BCUT2D eigenvalue weighted by molar-refractivity contribution is 5.92. The number of likely N-dealkylation sites (tertiary alicyclic amines) is 1. The number of amides is 1. The van der Waals surface area contributed by atoms with Gasteiger partial charge >= 0.3 is 5.97 Å². The molecule has 0 atom stereocenters. The molecule has 6 heteroatoms. The van der Waals surface area contributed by atoms with Crippen LogP contribution in [0.2, 0.25) is 0 Å². The molecule has 0 unspecified atom stereocenters. The summed E-state index contributed by atoms with van der Waals surface area (Å²) >= 11 is 0. The average molecular weight is 362 g/mol. The van der Waals surface area contributed by atoms with Crippen molar-refractivity contribution >= 4 is 17.6 Å². The molecule has 1 heterocycles. The largest absolute Gasteiger partial charge is 0.493 e. The summed E-state index contributed by atoms with van der Waals surface area (Å²) in [4.78, 5) is 26.1. The molecule has 1 saturated heterocycles. The molecule has 1 fully saturated rings. The predicted molar refractivity (Wildman–Crippen MR) is 101 cm³/mol. The summed E-state index contributed by atoms with van der Waals surface area (Å²) in [5.74, 6) is 0.997. The quantitative estimate of drug-likeness (QED) is 0.720. The van der Waals surface area contributed by atoms with Crippen molar-refractivity contribution in [3.8, 4) is 5.75 Å². The summed E-state index contributed by atoms with van der Waals surface area (Å²) < 4.78 is 10.8. The Balaban J connectivity index is 1.77. The number of piperidine rings is 1. The van der Waals surface area contributed by atoms with Crippen LogP contribution in [0.3, 0.4) is 0 Å². The Bertz CT molecular complexity index is 595. The molecule has 1 aromatic carbocycles. The lowest BCUT2D eigenvalue weighted by Gasteiger charge is -2.30. The standard InChI is InChI=1S/C20H30N2O4/c1-4-25-20(24)16-8-10-22(11-9-16)13-19(23)21-17-6-5-7-18(12-17)26-14-15(2)3/h5-7,12,15-16H,4,8-11,13-14H2,1-3H3,(H,21,23). The number of rotatable bonds is 8. The zero-order chi connectivity index (χ0) is 18.9. The molecule has 1 aliphatic rings. The van der Waals surface area contributed by atoms with Crippen molar-refractivity contribution in [1.82, 2.24) is 4.90 Å². The van der Waals surface area contributed by atoms with Crippen molar-refractivity contribution in [2.24, 2.45) is 11.8 Å². The number of benzene rings is 1. The van der Waals surface area contributed by atoms with Crippen molar-refractivity contribution in [3.05, 3.63) is 24.3 Å². The molecule has 1 aromatic rings. The van der Waals surface area contributed by atoms with Gasteiger partial charge in [-0.1, -0.05) is 19.9 Å². The van der Waals surface area contributed by atoms with E-state index in [9.17, 15) is 9.59 Å². The monoisotopic (exact) mass is 362 g/mol. The number of carbonyl (C=O) groups excluding carboxylic acids is 2. The number of carbonyl (C=O) groups is 2. The first-order valence-corrected chi connectivity index (χ1v) is 9.39. The number of hydrogen-bond acceptors (Lipinski definition) is 5. The summed E-state index contributed by atoms with van der Waals surface area (Å²) in [6.45, 7) is 8.86. The van der Waals surface area contributed by atoms with Gasteiger partial charge in [-0.15, -0.1) is 0 Å². The number of ether oxygens (including phenoxy) is 2. The van der Waals surface area contributed by atoms with E-state index < -0.39 is 0 Å². The Morgan fingerprint density at radius 2 is 2.00 bits per heavy atom. The normalized spacial score (nSPS) is 15.7. The van der Waals surface area contributed by atoms with Crippen molar-refractivity contribution in [2.45, 2.75) is 33.6 Å². The van der Waals surface area contributed by atoms with E-state index in [4.69, 9.17) is 9.47 Å². The first-order valence-electron chi connectivity index (χ1n) is 9.39. The van der Waals surface area contributed by atoms with Crippen LogP contribution in [0.15, 0.2) is 24.3 Å². The molecule has 1 amide bonds. The molecular formula is C20H30N2O4. The van der Waals surface area contributed by atoms with Crippen molar-refractivity contribution < 1.29 is 19.1 Å². The first-order chi connectivity index (χ1) is 12.5. The van der Waals surface area contributed by atoms with Gasteiger partial charge in [0, 0.05) is 11.8 Å². The van der Waals surface area contributed by atoms with Crippen LogP contribution < -0.4 is 10.1 Å². The summed E-state index contributed by atoms with van der Waals surface area (Å²) in [6.07, 6.45) is 1.48. The van der Waals surface area contributed by atoms with Crippen molar-refractivity contribution in [1.29, 1.82) is 0 Å². The molecule has 0 saturated carbocycles. The second-order valence-corrected chi connectivity index (χ2v) is 7.08. The van der Waals surface area contributed by atoms with E-state index in [0.717, 1.165) is 37.4 Å². The molecule has 2 rings (SSSR count). The SMILES string of the molecule is CCOC(=O)C1CCN(CC(=O)Nc2cccc(OCC(C)C)c2)CC1. The lowest BCUT2D eigenvalue weighted by Crippen LogP contribution is -2.41. The third kappa shape index (κ3) is 6.67. The van der Waals surface area contributed by atoms with Gasteiger partial charge in [0.25, 0.3) is 0 Å². The summed E-state index contributed by atoms with van der Waals surface area (Å²) in [7, 11) is 0. The molecule has 0 bridgehead atoms. The van der Waals surface area contributed by atoms with E-state index >= 15 is 0 Å². The van der Waals surface area contributed by atoms with Crippen LogP contribution in [0, 0.1) is 11.8 Å². The van der Waals surface area contributed by atoms with Crippen LogP contribution in [-0.4, -0.2) is 49.6 Å². The lowest BCUT2D eigenvalue weighted by molar-refractivity contribution is -0.149. The Morgan fingerprint density at radius 1 is 1.27 bits per heavy atom. The maximum absolute atomic E-state index is 12.3. The fraction of sp³-hybridized carbons (Fsp3) is 0.600. The highest BCUT2D eigenvalue weighted by atomic mass is 16.5. The zero-order valence-corrected chi connectivity index (χ0v) is 16.0. The third-order valence-electron chi connectivity index (χ3n) is 4.28. The fourth-order valence-corrected chi connectivity index (χ4v) is 2.92. The fourth-order valence-electron chi connectivity index (χ4n) is 2.92. The maximum atomic E-state index is 12.3. The molecule has 0 spiro atoms. The van der Waals surface area contributed by atoms with Crippen LogP contribution in [0.1, 0.15) is 33.6 Å². The molecule has 1 aliphatic heterocycles. The highest BCUT2D eigenvalue weighted by Gasteiger charge is 2.26. The van der Waals surface area contributed by atoms with Gasteiger partial charge in [0.05, 0.1) is 25.7 Å². The second-order valence-electron chi connectivity index (χ2n) is 7.08.